The average molecular weight is 304 g/mol. The SMILES string of the molecule is CCCCNC1CCC[Si](OC)(OC)C1(CCC)OC. The molecule has 0 aromatic carbocycles. The van der Waals surface area contributed by atoms with E-state index in [1.807, 2.05) is 7.11 Å². The number of rotatable bonds is 9. The van der Waals surface area contributed by atoms with Crippen LogP contribution < -0.4 is 5.32 Å². The van der Waals surface area contributed by atoms with Gasteiger partial charge in [-0.05, 0) is 38.3 Å². The molecule has 2 unspecified atom stereocenters. The molecule has 1 fully saturated rings. The highest BCUT2D eigenvalue weighted by Crippen LogP contribution is 2.43. The maximum absolute atomic E-state index is 6.11. The van der Waals surface area contributed by atoms with E-state index in [4.69, 9.17) is 13.6 Å². The van der Waals surface area contributed by atoms with Gasteiger partial charge in [-0.2, -0.15) is 0 Å². The summed E-state index contributed by atoms with van der Waals surface area (Å²) in [6.45, 7) is 5.48. The van der Waals surface area contributed by atoms with Gasteiger partial charge in [-0.1, -0.05) is 26.7 Å². The van der Waals surface area contributed by atoms with E-state index in [1.165, 1.54) is 12.8 Å². The maximum Gasteiger partial charge on any atom is 0.372 e. The number of ether oxygens (including phenoxy) is 1. The van der Waals surface area contributed by atoms with Crippen LogP contribution in [0.25, 0.3) is 0 Å². The molecule has 4 nitrogen and oxygen atoms in total. The van der Waals surface area contributed by atoms with Crippen LogP contribution in [0.15, 0.2) is 0 Å². The number of methoxy groups -OCH3 is 1. The standard InChI is InChI=1S/C15H33NO3Si/c1-6-8-12-16-14-10-9-13-20(18-4,19-5)15(14,17-3)11-7-2/h14,16H,6-13H2,1-5H3. The molecule has 5 heteroatoms. The zero-order valence-corrected chi connectivity index (χ0v) is 15.0. The van der Waals surface area contributed by atoms with Crippen LogP contribution in [-0.4, -0.2) is 47.7 Å². The Balaban J connectivity index is 3.00. The summed E-state index contributed by atoms with van der Waals surface area (Å²) >= 11 is 0. The molecule has 2 atom stereocenters. The van der Waals surface area contributed by atoms with E-state index in [-0.39, 0.29) is 5.22 Å². The summed E-state index contributed by atoms with van der Waals surface area (Å²) in [5.74, 6) is 0. The van der Waals surface area contributed by atoms with Gasteiger partial charge in [-0.25, -0.2) is 0 Å². The average Bonchev–Trinajstić information content (AvgIpc) is 2.49. The number of unbranched alkanes of at least 4 members (excludes halogenated alkanes) is 1. The fourth-order valence-electron chi connectivity index (χ4n) is 3.74. The summed E-state index contributed by atoms with van der Waals surface area (Å²) in [6.07, 6.45) is 6.82. The van der Waals surface area contributed by atoms with Crippen molar-refractivity contribution in [2.45, 2.75) is 69.7 Å². The lowest BCUT2D eigenvalue weighted by molar-refractivity contribution is -0.0372. The third-order valence-corrected chi connectivity index (χ3v) is 9.20. The summed E-state index contributed by atoms with van der Waals surface area (Å²) < 4.78 is 18.1. The van der Waals surface area contributed by atoms with Crippen LogP contribution in [0.1, 0.15) is 52.4 Å². The second kappa shape index (κ2) is 8.49. The normalized spacial score (nSPS) is 29.6. The number of hydrogen-bond donors (Lipinski definition) is 1. The molecule has 1 aliphatic heterocycles. The van der Waals surface area contributed by atoms with Crippen LogP contribution in [0.3, 0.4) is 0 Å². The van der Waals surface area contributed by atoms with Gasteiger partial charge in [0.2, 0.25) is 0 Å². The Morgan fingerprint density at radius 3 is 2.35 bits per heavy atom. The fraction of sp³-hybridized carbons (Fsp3) is 1.00. The van der Waals surface area contributed by atoms with Crippen LogP contribution >= 0.6 is 0 Å². The lowest BCUT2D eigenvalue weighted by Gasteiger charge is -2.52. The van der Waals surface area contributed by atoms with Gasteiger partial charge in [-0.15, -0.1) is 0 Å². The van der Waals surface area contributed by atoms with Gasteiger partial charge in [-0.3, -0.25) is 0 Å². The van der Waals surface area contributed by atoms with E-state index in [0.717, 1.165) is 38.3 Å². The van der Waals surface area contributed by atoms with Crippen LogP contribution in [0, 0.1) is 0 Å². The molecule has 0 spiro atoms. The van der Waals surface area contributed by atoms with Crippen molar-refractivity contribution in [2.75, 3.05) is 27.9 Å². The largest absolute Gasteiger partial charge is 0.396 e. The van der Waals surface area contributed by atoms with E-state index in [2.05, 4.69) is 19.2 Å². The zero-order valence-electron chi connectivity index (χ0n) is 14.0. The molecule has 0 amide bonds. The highest BCUT2D eigenvalue weighted by Gasteiger charge is 2.62. The quantitative estimate of drug-likeness (QED) is 0.525. The zero-order chi connectivity index (χ0) is 15.1. The lowest BCUT2D eigenvalue weighted by atomic mass is 9.99. The van der Waals surface area contributed by atoms with Gasteiger partial charge < -0.3 is 18.9 Å². The second-order valence-corrected chi connectivity index (χ2v) is 9.43. The minimum Gasteiger partial charge on any atom is -0.396 e. The first-order chi connectivity index (χ1) is 9.66. The molecule has 20 heavy (non-hydrogen) atoms. The lowest BCUT2D eigenvalue weighted by Crippen LogP contribution is -2.73. The van der Waals surface area contributed by atoms with Gasteiger partial charge in [0.1, 0.15) is 5.22 Å². The molecule has 1 N–H and O–H groups in total. The highest BCUT2D eigenvalue weighted by molar-refractivity contribution is 6.71. The highest BCUT2D eigenvalue weighted by atomic mass is 28.4. The predicted octanol–water partition coefficient (Wildman–Crippen LogP) is 3.00. The Morgan fingerprint density at radius 1 is 1.15 bits per heavy atom. The first-order valence-corrected chi connectivity index (χ1v) is 10.1. The first kappa shape index (κ1) is 18.1. The predicted molar refractivity (Wildman–Crippen MR) is 85.2 cm³/mol. The maximum atomic E-state index is 6.11. The molecule has 0 radical (unpaired) electrons. The van der Waals surface area contributed by atoms with E-state index in [9.17, 15) is 0 Å². The molecule has 0 saturated carbocycles. The van der Waals surface area contributed by atoms with Crippen LogP contribution in [-0.2, 0) is 13.6 Å². The van der Waals surface area contributed by atoms with E-state index < -0.39 is 8.56 Å². The van der Waals surface area contributed by atoms with Crippen molar-refractivity contribution in [3.63, 3.8) is 0 Å². The number of nitrogens with one attached hydrogen (secondary N) is 1. The molecule has 1 rings (SSSR count). The third-order valence-electron chi connectivity index (χ3n) is 4.77. The van der Waals surface area contributed by atoms with E-state index >= 15 is 0 Å². The minimum atomic E-state index is -2.34. The molecule has 1 aliphatic rings. The molecular weight excluding hydrogens is 270 g/mol. The molecule has 0 aromatic rings. The van der Waals surface area contributed by atoms with Gasteiger partial charge in [0.15, 0.2) is 0 Å². The van der Waals surface area contributed by atoms with E-state index in [0.29, 0.717) is 6.04 Å². The Kier molecular flexibility index (Phi) is 7.68. The molecule has 1 saturated heterocycles. The van der Waals surface area contributed by atoms with Crippen molar-refractivity contribution in [3.05, 3.63) is 0 Å². The summed E-state index contributed by atoms with van der Waals surface area (Å²) in [5.41, 5.74) is 0. The summed E-state index contributed by atoms with van der Waals surface area (Å²) in [4.78, 5) is 0. The molecule has 0 aliphatic carbocycles. The topological polar surface area (TPSA) is 39.7 Å². The van der Waals surface area contributed by atoms with Crippen molar-refractivity contribution in [2.24, 2.45) is 0 Å². The van der Waals surface area contributed by atoms with Crippen molar-refractivity contribution in [1.82, 2.24) is 5.32 Å². The molecule has 0 bridgehead atoms. The minimum absolute atomic E-state index is 0.267. The Bertz CT molecular complexity index is 274. The van der Waals surface area contributed by atoms with Gasteiger partial charge >= 0.3 is 8.56 Å². The summed E-state index contributed by atoms with van der Waals surface area (Å²) in [7, 11) is 3.09. The van der Waals surface area contributed by atoms with Crippen LogP contribution in [0.4, 0.5) is 0 Å². The van der Waals surface area contributed by atoms with Crippen molar-refractivity contribution >= 4 is 8.56 Å². The third kappa shape index (κ3) is 3.27. The molecule has 1 heterocycles. The Hall–Kier alpha value is 0.0569. The summed E-state index contributed by atoms with van der Waals surface area (Å²) in [6, 6.07) is 1.37. The van der Waals surface area contributed by atoms with Gasteiger partial charge in [0, 0.05) is 27.4 Å². The Morgan fingerprint density at radius 2 is 1.85 bits per heavy atom. The van der Waals surface area contributed by atoms with Gasteiger partial charge in [0.25, 0.3) is 0 Å². The van der Waals surface area contributed by atoms with Crippen LogP contribution in [0.5, 0.6) is 0 Å². The summed E-state index contributed by atoms with van der Waals surface area (Å²) in [5, 5.41) is 3.46. The first-order valence-electron chi connectivity index (χ1n) is 8.05. The van der Waals surface area contributed by atoms with Crippen molar-refractivity contribution in [3.8, 4) is 0 Å². The van der Waals surface area contributed by atoms with E-state index in [1.54, 1.807) is 14.2 Å². The Labute approximate surface area is 125 Å². The molecule has 120 valence electrons. The molecule has 0 aromatic heterocycles. The fourth-order valence-corrected chi connectivity index (χ4v) is 7.82. The number of hydrogen-bond acceptors (Lipinski definition) is 4. The smallest absolute Gasteiger partial charge is 0.372 e. The second-order valence-electron chi connectivity index (χ2n) is 5.76. The van der Waals surface area contributed by atoms with Crippen LogP contribution in [0.2, 0.25) is 6.04 Å². The van der Waals surface area contributed by atoms with Gasteiger partial charge in [0.05, 0.1) is 0 Å². The molecular formula is C15H33NO3Si. The van der Waals surface area contributed by atoms with Crippen molar-refractivity contribution in [1.29, 1.82) is 0 Å². The van der Waals surface area contributed by atoms with Crippen molar-refractivity contribution < 1.29 is 13.6 Å². The monoisotopic (exact) mass is 303 g/mol.